The molecule has 1 fully saturated rings. The van der Waals surface area contributed by atoms with Crippen LogP contribution in [0.25, 0.3) is 5.69 Å². The summed E-state index contributed by atoms with van der Waals surface area (Å²) in [7, 11) is 0. The average molecular weight is 486 g/mol. The number of nitrogens with zero attached hydrogens (tertiary/aromatic N) is 4. The van der Waals surface area contributed by atoms with Gasteiger partial charge in [0.2, 0.25) is 0 Å². The summed E-state index contributed by atoms with van der Waals surface area (Å²) in [5.41, 5.74) is 0.312. The van der Waals surface area contributed by atoms with Crippen LogP contribution in [0.5, 0.6) is 11.5 Å². The van der Waals surface area contributed by atoms with Gasteiger partial charge in [0.25, 0.3) is 11.5 Å². The number of rotatable bonds is 5. The van der Waals surface area contributed by atoms with Gasteiger partial charge in [-0.25, -0.2) is 9.37 Å². The van der Waals surface area contributed by atoms with Crippen LogP contribution in [0.15, 0.2) is 41.6 Å². The van der Waals surface area contributed by atoms with Crippen LogP contribution >= 0.6 is 0 Å². The highest BCUT2D eigenvalue weighted by molar-refractivity contribution is 5.93. The third-order valence-corrected chi connectivity index (χ3v) is 7.33. The first-order chi connectivity index (χ1) is 16.6. The van der Waals surface area contributed by atoms with Crippen molar-refractivity contribution in [3.63, 3.8) is 0 Å². The molecule has 0 bridgehead atoms. The van der Waals surface area contributed by atoms with Gasteiger partial charge in [-0.2, -0.15) is 8.78 Å². The SMILES string of the molecule is Cc1cn(-c2ccc3n(c2=O)CCN(C[C@@]24C[C@]2(C)Oc2cc(F)c(OC(F)F)cc24)C3=O)cn1. The number of aromatic nitrogens is 3. The second kappa shape index (κ2) is 7.12. The molecule has 0 unspecified atom stereocenters. The third-order valence-electron chi connectivity index (χ3n) is 7.33. The number of aryl methyl sites for hydroxylation is 1. The maximum absolute atomic E-state index is 14.2. The fraction of sp³-hybridized carbons (Fsp3) is 0.375. The molecule has 3 aromatic rings. The van der Waals surface area contributed by atoms with E-state index in [0.29, 0.717) is 24.2 Å². The molecule has 0 N–H and O–H groups in total. The molecule has 1 aromatic carbocycles. The van der Waals surface area contributed by atoms with Gasteiger partial charge in [0.15, 0.2) is 11.6 Å². The molecule has 2 aromatic heterocycles. The monoisotopic (exact) mass is 486 g/mol. The lowest BCUT2D eigenvalue weighted by molar-refractivity contribution is -0.0522. The van der Waals surface area contributed by atoms with Crippen LogP contribution < -0.4 is 15.0 Å². The van der Waals surface area contributed by atoms with Gasteiger partial charge >= 0.3 is 6.61 Å². The molecule has 2 atom stereocenters. The Morgan fingerprint density at radius 1 is 1.23 bits per heavy atom. The van der Waals surface area contributed by atoms with E-state index in [1.165, 1.54) is 10.6 Å². The summed E-state index contributed by atoms with van der Waals surface area (Å²) in [5.74, 6) is -1.54. The van der Waals surface area contributed by atoms with Crippen LogP contribution in [0.4, 0.5) is 13.2 Å². The van der Waals surface area contributed by atoms with Gasteiger partial charge in [0.05, 0.1) is 17.4 Å². The lowest BCUT2D eigenvalue weighted by Gasteiger charge is -2.32. The normalized spacial score (nSPS) is 24.2. The summed E-state index contributed by atoms with van der Waals surface area (Å²) in [6, 6.07) is 5.52. The van der Waals surface area contributed by atoms with E-state index in [2.05, 4.69) is 9.72 Å². The summed E-state index contributed by atoms with van der Waals surface area (Å²) in [5, 5.41) is 0. The van der Waals surface area contributed by atoms with Crippen molar-refractivity contribution in [2.45, 2.75) is 44.4 Å². The number of hydrogen-bond acceptors (Lipinski definition) is 5. The molecule has 0 spiro atoms. The number of carbonyl (C=O) groups is 1. The highest BCUT2D eigenvalue weighted by Gasteiger charge is 2.73. The molecule has 11 heteroatoms. The van der Waals surface area contributed by atoms with Crippen molar-refractivity contribution >= 4 is 5.91 Å². The molecule has 8 nitrogen and oxygen atoms in total. The molecular weight excluding hydrogens is 465 g/mol. The smallest absolute Gasteiger partial charge is 0.387 e. The summed E-state index contributed by atoms with van der Waals surface area (Å²) in [6.45, 7) is 1.33. The van der Waals surface area contributed by atoms with E-state index in [-0.39, 0.29) is 36.0 Å². The first-order valence-electron chi connectivity index (χ1n) is 11.1. The second-order valence-electron chi connectivity index (χ2n) is 9.46. The van der Waals surface area contributed by atoms with Gasteiger partial charge in [-0.1, -0.05) is 0 Å². The van der Waals surface area contributed by atoms with Crippen molar-refractivity contribution in [2.75, 3.05) is 13.1 Å². The van der Waals surface area contributed by atoms with Crippen molar-refractivity contribution in [3.8, 4) is 17.2 Å². The number of ether oxygens (including phenoxy) is 2. The van der Waals surface area contributed by atoms with Crippen LogP contribution in [-0.4, -0.2) is 50.2 Å². The van der Waals surface area contributed by atoms with E-state index in [1.54, 1.807) is 34.1 Å². The Balaban J connectivity index is 1.31. The minimum Gasteiger partial charge on any atom is -0.486 e. The average Bonchev–Trinajstić information content (AvgIpc) is 3.04. The molecule has 4 heterocycles. The van der Waals surface area contributed by atoms with Crippen molar-refractivity contribution in [1.29, 1.82) is 0 Å². The molecule has 2 aliphatic heterocycles. The summed E-state index contributed by atoms with van der Waals surface area (Å²) >= 11 is 0. The first kappa shape index (κ1) is 21.8. The van der Waals surface area contributed by atoms with Crippen molar-refractivity contribution in [2.24, 2.45) is 0 Å². The van der Waals surface area contributed by atoms with Crippen LogP contribution in [0.3, 0.4) is 0 Å². The summed E-state index contributed by atoms with van der Waals surface area (Å²) in [6.07, 6.45) is 3.83. The van der Waals surface area contributed by atoms with E-state index in [4.69, 9.17) is 4.74 Å². The zero-order chi connectivity index (χ0) is 24.7. The fourth-order valence-electron chi connectivity index (χ4n) is 5.46. The number of carbonyl (C=O) groups excluding carboxylic acids is 1. The van der Waals surface area contributed by atoms with Crippen LogP contribution in [0.2, 0.25) is 0 Å². The highest BCUT2D eigenvalue weighted by Crippen LogP contribution is 2.67. The Morgan fingerprint density at radius 2 is 2.03 bits per heavy atom. The Hall–Kier alpha value is -3.76. The minimum absolute atomic E-state index is 0.242. The molecule has 35 heavy (non-hydrogen) atoms. The third kappa shape index (κ3) is 3.10. The first-order valence-corrected chi connectivity index (χ1v) is 11.1. The fourth-order valence-corrected chi connectivity index (χ4v) is 5.46. The Labute approximate surface area is 197 Å². The second-order valence-corrected chi connectivity index (χ2v) is 9.46. The topological polar surface area (TPSA) is 78.6 Å². The van der Waals surface area contributed by atoms with Gasteiger partial charge in [-0.3, -0.25) is 9.59 Å². The zero-order valence-electron chi connectivity index (χ0n) is 18.9. The Bertz CT molecular complexity index is 1450. The molecule has 1 amide bonds. The number of alkyl halides is 2. The number of benzene rings is 1. The molecular formula is C24H21F3N4O4. The van der Waals surface area contributed by atoms with Gasteiger partial charge < -0.3 is 23.5 Å². The predicted octanol–water partition coefficient (Wildman–Crippen LogP) is 3.03. The van der Waals surface area contributed by atoms with Crippen LogP contribution in [-0.2, 0) is 12.0 Å². The minimum atomic E-state index is -3.17. The maximum atomic E-state index is 14.2. The van der Waals surface area contributed by atoms with Gasteiger partial charge in [0.1, 0.15) is 22.7 Å². The zero-order valence-corrected chi connectivity index (χ0v) is 18.9. The van der Waals surface area contributed by atoms with E-state index in [1.807, 2.05) is 13.8 Å². The molecule has 0 saturated heterocycles. The number of hydrogen-bond donors (Lipinski definition) is 0. The molecule has 6 rings (SSSR count). The number of fused-ring (bicyclic) bond motifs is 4. The number of amides is 1. The molecule has 182 valence electrons. The lowest BCUT2D eigenvalue weighted by Crippen LogP contribution is -2.48. The van der Waals surface area contributed by atoms with E-state index in [9.17, 15) is 22.8 Å². The van der Waals surface area contributed by atoms with Crippen LogP contribution in [0, 0.1) is 12.7 Å². The quantitative estimate of drug-likeness (QED) is 0.554. The van der Waals surface area contributed by atoms with Crippen LogP contribution in [0.1, 0.15) is 35.1 Å². The van der Waals surface area contributed by atoms with Gasteiger partial charge in [0, 0.05) is 43.9 Å². The lowest BCUT2D eigenvalue weighted by atomic mass is 9.92. The molecule has 0 radical (unpaired) electrons. The summed E-state index contributed by atoms with van der Waals surface area (Å²) in [4.78, 5) is 32.2. The standard InChI is InChI=1S/C24H21F3N4O4/c1-13-9-30(12-28-13)16-3-4-17-20(32)29(5-6-31(17)21(16)33)11-24-10-23(24,2)35-18-8-15(25)19(7-14(18)24)34-22(26)27/h3-4,7-9,12,22H,5-6,10-11H2,1-2H3/t23-,24+/m0/s1. The van der Waals surface area contributed by atoms with E-state index in [0.717, 1.165) is 11.8 Å². The number of imidazole rings is 1. The largest absolute Gasteiger partial charge is 0.486 e. The number of halogens is 3. The number of pyridine rings is 1. The predicted molar refractivity (Wildman–Crippen MR) is 117 cm³/mol. The Kier molecular flexibility index (Phi) is 4.43. The highest BCUT2D eigenvalue weighted by atomic mass is 19.3. The Morgan fingerprint density at radius 3 is 2.74 bits per heavy atom. The molecule has 1 aliphatic carbocycles. The molecule has 1 saturated carbocycles. The van der Waals surface area contributed by atoms with E-state index < -0.39 is 29.2 Å². The van der Waals surface area contributed by atoms with Crippen molar-refractivity contribution in [3.05, 3.63) is 69.9 Å². The maximum Gasteiger partial charge on any atom is 0.387 e. The summed E-state index contributed by atoms with van der Waals surface area (Å²) < 4.78 is 53.1. The van der Waals surface area contributed by atoms with Gasteiger partial charge in [-0.05, 0) is 32.0 Å². The molecule has 3 aliphatic rings. The van der Waals surface area contributed by atoms with Gasteiger partial charge in [-0.15, -0.1) is 0 Å². The van der Waals surface area contributed by atoms with Crippen molar-refractivity contribution < 1.29 is 27.4 Å². The van der Waals surface area contributed by atoms with Crippen molar-refractivity contribution in [1.82, 2.24) is 19.0 Å². The van der Waals surface area contributed by atoms with E-state index >= 15 is 0 Å².